The summed E-state index contributed by atoms with van der Waals surface area (Å²) in [5.74, 6) is 0.453. The zero-order valence-electron chi connectivity index (χ0n) is 7.15. The van der Waals surface area contributed by atoms with Crippen molar-refractivity contribution in [3.63, 3.8) is 0 Å². The lowest BCUT2D eigenvalue weighted by molar-refractivity contribution is -0.581. The van der Waals surface area contributed by atoms with Gasteiger partial charge in [0.1, 0.15) is 0 Å². The van der Waals surface area contributed by atoms with Crippen molar-refractivity contribution in [1.29, 1.82) is 0 Å². The van der Waals surface area contributed by atoms with Crippen LogP contribution in [0.1, 0.15) is 0 Å². The average Bonchev–Trinajstić information content (AvgIpc) is 2.18. The molecule has 2 rings (SSSR count). The Kier molecular flexibility index (Phi) is 1.77. The van der Waals surface area contributed by atoms with Crippen molar-refractivity contribution in [2.45, 2.75) is 0 Å². The van der Waals surface area contributed by atoms with Crippen molar-refractivity contribution in [3.05, 3.63) is 41.7 Å². The first kappa shape index (κ1) is 7.86. The van der Waals surface area contributed by atoms with Gasteiger partial charge in [0.15, 0.2) is 5.75 Å². The van der Waals surface area contributed by atoms with E-state index in [0.717, 1.165) is 5.39 Å². The summed E-state index contributed by atoms with van der Waals surface area (Å²) in [7, 11) is 1.51. The number of aromatic nitrogens is 1. The van der Waals surface area contributed by atoms with Gasteiger partial charge in [-0.1, -0.05) is 12.1 Å². The molecule has 2 aromatic rings. The standard InChI is InChI=1S/C10H8NO2/c1-13-9-6-8-4-2-3-5-10(8)11(12)7-9/h2-6H,1H3. The van der Waals surface area contributed by atoms with Crippen molar-refractivity contribution in [2.24, 2.45) is 0 Å². The number of nitrogens with zero attached hydrogens (tertiary/aromatic N) is 1. The number of rotatable bonds is 1. The van der Waals surface area contributed by atoms with Gasteiger partial charge in [-0.15, -0.1) is 0 Å². The van der Waals surface area contributed by atoms with Gasteiger partial charge >= 0.3 is 6.20 Å². The van der Waals surface area contributed by atoms with Crippen molar-refractivity contribution < 1.29 is 9.47 Å². The average molecular weight is 174 g/mol. The Morgan fingerprint density at radius 3 is 2.92 bits per heavy atom. The Balaban J connectivity index is 2.77. The third-order valence-corrected chi connectivity index (χ3v) is 1.87. The van der Waals surface area contributed by atoms with Crippen LogP contribution in [0.15, 0.2) is 30.3 Å². The second-order valence-corrected chi connectivity index (χ2v) is 2.68. The quantitative estimate of drug-likeness (QED) is 0.482. The van der Waals surface area contributed by atoms with Crippen molar-refractivity contribution in [2.75, 3.05) is 7.11 Å². The molecule has 0 atom stereocenters. The van der Waals surface area contributed by atoms with Gasteiger partial charge in [0.25, 0.3) is 0 Å². The predicted octanol–water partition coefficient (Wildman–Crippen LogP) is 1.28. The molecule has 65 valence electrons. The van der Waals surface area contributed by atoms with E-state index in [9.17, 15) is 5.21 Å². The van der Waals surface area contributed by atoms with Crippen LogP contribution in [0.4, 0.5) is 0 Å². The molecule has 1 heterocycles. The molecule has 0 unspecified atom stereocenters. The fourth-order valence-corrected chi connectivity index (χ4v) is 1.23. The lowest BCUT2D eigenvalue weighted by Crippen LogP contribution is -2.26. The number of para-hydroxylation sites is 1. The summed E-state index contributed by atoms with van der Waals surface area (Å²) >= 11 is 0. The van der Waals surface area contributed by atoms with Gasteiger partial charge in [0.2, 0.25) is 5.52 Å². The molecular weight excluding hydrogens is 166 g/mol. The van der Waals surface area contributed by atoms with E-state index >= 15 is 0 Å². The number of pyridine rings is 1. The summed E-state index contributed by atoms with van der Waals surface area (Å²) in [6, 6.07) is 9.08. The van der Waals surface area contributed by atoms with E-state index in [2.05, 4.69) is 6.20 Å². The zero-order chi connectivity index (χ0) is 9.26. The molecule has 0 saturated heterocycles. The maximum atomic E-state index is 11.3. The fraction of sp³-hybridized carbons (Fsp3) is 0.100. The van der Waals surface area contributed by atoms with Crippen LogP contribution in [0.3, 0.4) is 0 Å². The largest absolute Gasteiger partial charge is 0.618 e. The first-order valence-corrected chi connectivity index (χ1v) is 3.90. The monoisotopic (exact) mass is 174 g/mol. The summed E-state index contributed by atoms with van der Waals surface area (Å²) in [6.07, 6.45) is 2.54. The van der Waals surface area contributed by atoms with Crippen LogP contribution in [-0.4, -0.2) is 7.11 Å². The minimum absolute atomic E-state index is 0.453. The number of methoxy groups -OCH3 is 1. The second-order valence-electron chi connectivity index (χ2n) is 2.68. The van der Waals surface area contributed by atoms with E-state index in [0.29, 0.717) is 16.0 Å². The van der Waals surface area contributed by atoms with E-state index in [1.165, 1.54) is 7.11 Å². The Hall–Kier alpha value is -1.77. The van der Waals surface area contributed by atoms with Gasteiger partial charge in [-0.2, -0.15) is 4.73 Å². The molecule has 0 aliphatic heterocycles. The molecule has 3 nitrogen and oxygen atoms in total. The SMILES string of the molecule is COc1[c][n+]([O-])c2ccccc2c1. The van der Waals surface area contributed by atoms with Crippen LogP contribution in [0.5, 0.6) is 5.75 Å². The molecule has 3 heteroatoms. The van der Waals surface area contributed by atoms with Gasteiger partial charge in [0.05, 0.1) is 12.5 Å². The zero-order valence-corrected chi connectivity index (χ0v) is 7.15. The molecule has 0 saturated carbocycles. The molecular formula is C10H8NO2. The normalized spacial score (nSPS) is 10.2. The van der Waals surface area contributed by atoms with Crippen LogP contribution in [0, 0.1) is 11.4 Å². The fourth-order valence-electron chi connectivity index (χ4n) is 1.23. The molecule has 0 spiro atoms. The molecule has 0 aliphatic rings. The molecule has 0 amide bonds. The molecule has 0 bridgehead atoms. The van der Waals surface area contributed by atoms with Crippen molar-refractivity contribution in [1.82, 2.24) is 0 Å². The molecule has 0 aliphatic carbocycles. The van der Waals surface area contributed by atoms with E-state index in [4.69, 9.17) is 4.74 Å². The Bertz CT molecular complexity index is 440. The molecule has 13 heavy (non-hydrogen) atoms. The van der Waals surface area contributed by atoms with Crippen LogP contribution in [0.2, 0.25) is 0 Å². The summed E-state index contributed by atoms with van der Waals surface area (Å²) < 4.78 is 5.62. The molecule has 0 N–H and O–H groups in total. The molecule has 1 radical (unpaired) electrons. The second kappa shape index (κ2) is 2.94. The lowest BCUT2D eigenvalue weighted by Gasteiger charge is -2.02. The highest BCUT2D eigenvalue weighted by molar-refractivity contribution is 5.76. The maximum Gasteiger partial charge on any atom is 0.336 e. The van der Waals surface area contributed by atoms with Crippen LogP contribution < -0.4 is 9.47 Å². The number of hydrogen-bond acceptors (Lipinski definition) is 2. The first-order valence-electron chi connectivity index (χ1n) is 3.90. The van der Waals surface area contributed by atoms with Gasteiger partial charge in [-0.05, 0) is 6.07 Å². The van der Waals surface area contributed by atoms with Crippen LogP contribution >= 0.6 is 0 Å². The topological polar surface area (TPSA) is 36.2 Å². The summed E-state index contributed by atoms with van der Waals surface area (Å²) in [6.45, 7) is 0. The highest BCUT2D eigenvalue weighted by Gasteiger charge is 2.06. The van der Waals surface area contributed by atoms with Crippen LogP contribution in [-0.2, 0) is 0 Å². The van der Waals surface area contributed by atoms with Gasteiger partial charge in [-0.3, -0.25) is 0 Å². The summed E-state index contributed by atoms with van der Waals surface area (Å²) in [5, 5.41) is 12.2. The van der Waals surface area contributed by atoms with Crippen molar-refractivity contribution >= 4 is 10.9 Å². The van der Waals surface area contributed by atoms with Crippen molar-refractivity contribution in [3.8, 4) is 5.75 Å². The highest BCUT2D eigenvalue weighted by atomic mass is 16.5. The van der Waals surface area contributed by atoms with Gasteiger partial charge < -0.3 is 9.94 Å². The Morgan fingerprint density at radius 2 is 2.15 bits per heavy atom. The number of ether oxygens (including phenoxy) is 1. The van der Waals surface area contributed by atoms with Crippen LogP contribution in [0.25, 0.3) is 10.9 Å². The Morgan fingerprint density at radius 1 is 1.38 bits per heavy atom. The number of benzene rings is 1. The van der Waals surface area contributed by atoms with Gasteiger partial charge in [0, 0.05) is 12.1 Å². The van der Waals surface area contributed by atoms with Gasteiger partial charge in [-0.25, -0.2) is 0 Å². The smallest absolute Gasteiger partial charge is 0.336 e. The number of fused-ring (bicyclic) bond motifs is 1. The molecule has 1 aromatic carbocycles. The minimum atomic E-state index is 0.453. The molecule has 1 aromatic heterocycles. The van der Waals surface area contributed by atoms with E-state index < -0.39 is 0 Å². The number of hydrogen-bond donors (Lipinski definition) is 0. The minimum Gasteiger partial charge on any atom is -0.618 e. The highest BCUT2D eigenvalue weighted by Crippen LogP contribution is 2.14. The Labute approximate surface area is 75.8 Å². The summed E-state index contributed by atoms with van der Waals surface area (Å²) in [5.41, 5.74) is 0.600. The predicted molar refractivity (Wildman–Crippen MR) is 48.3 cm³/mol. The third kappa shape index (κ3) is 1.28. The van der Waals surface area contributed by atoms with E-state index in [1.807, 2.05) is 18.2 Å². The molecule has 0 fully saturated rings. The third-order valence-electron chi connectivity index (χ3n) is 1.87. The van der Waals surface area contributed by atoms with E-state index in [1.54, 1.807) is 12.1 Å². The lowest BCUT2D eigenvalue weighted by atomic mass is 10.2. The summed E-state index contributed by atoms with van der Waals surface area (Å²) in [4.78, 5) is 0. The van der Waals surface area contributed by atoms with E-state index in [-0.39, 0.29) is 0 Å². The maximum absolute atomic E-state index is 11.3. The first-order chi connectivity index (χ1) is 6.31.